The van der Waals surface area contributed by atoms with Crippen molar-refractivity contribution in [2.24, 2.45) is 0 Å². The van der Waals surface area contributed by atoms with Crippen molar-refractivity contribution in [2.45, 2.75) is 75.3 Å². The number of rotatable bonds is 5. The molecule has 0 aromatic heterocycles. The van der Waals surface area contributed by atoms with Gasteiger partial charge in [-0.25, -0.2) is 0 Å². The second kappa shape index (κ2) is 10.6. The van der Waals surface area contributed by atoms with E-state index in [0.717, 1.165) is 7.11 Å². The number of phenols is 3. The fourth-order valence-electron chi connectivity index (χ4n) is 6.59. The minimum Gasteiger partial charge on any atom is -0.507 e. The lowest BCUT2D eigenvalue weighted by Gasteiger charge is -2.46. The number of hydrogen-bond donors (Lipinski definition) is 5. The third kappa shape index (κ3) is 4.36. The molecular weight excluding hydrogens is 550 g/mol. The van der Waals surface area contributed by atoms with E-state index in [1.807, 2.05) is 4.90 Å². The number of aliphatic hydroxyl groups is 2. The summed E-state index contributed by atoms with van der Waals surface area (Å²) in [6.45, 7) is 3.30. The summed E-state index contributed by atoms with van der Waals surface area (Å²) in [4.78, 5) is 42.3. The van der Waals surface area contributed by atoms with Crippen LogP contribution in [-0.2, 0) is 19.0 Å². The first-order valence-corrected chi connectivity index (χ1v) is 13.8. The normalized spacial score (nSPS) is 30.5. The lowest BCUT2D eigenvalue weighted by atomic mass is 9.66. The van der Waals surface area contributed by atoms with E-state index in [1.54, 1.807) is 27.9 Å². The molecule has 0 radical (unpaired) electrons. The van der Waals surface area contributed by atoms with Crippen molar-refractivity contribution in [3.05, 3.63) is 51.6 Å². The summed E-state index contributed by atoms with van der Waals surface area (Å²) in [6, 6.07) is 3.53. The van der Waals surface area contributed by atoms with E-state index in [4.69, 9.17) is 14.2 Å². The molecule has 1 heterocycles. The topological polar surface area (TPSA) is 183 Å². The number of ether oxygens (including phenoxy) is 3. The molecule has 1 saturated heterocycles. The first kappa shape index (κ1) is 29.9. The molecule has 0 spiro atoms. The Kier molecular flexibility index (Phi) is 7.57. The maximum Gasteiger partial charge on any atom is 0.316 e. The van der Waals surface area contributed by atoms with E-state index in [-0.39, 0.29) is 47.6 Å². The van der Waals surface area contributed by atoms with E-state index >= 15 is 0 Å². The average Bonchev–Trinajstić information content (AvgIpc) is 2.94. The van der Waals surface area contributed by atoms with Crippen LogP contribution >= 0.6 is 0 Å². The van der Waals surface area contributed by atoms with Gasteiger partial charge in [0.2, 0.25) is 5.78 Å². The Hall–Kier alpha value is -3.55. The number of aliphatic hydroxyl groups excluding tert-OH is 1. The number of phenolic OH excluding ortho intramolecular Hbond substituents is 3. The van der Waals surface area contributed by atoms with Crippen molar-refractivity contribution in [1.82, 2.24) is 4.90 Å². The molecule has 3 aliphatic rings. The summed E-state index contributed by atoms with van der Waals surface area (Å²) in [5, 5.41) is 56.2. The van der Waals surface area contributed by atoms with Crippen molar-refractivity contribution < 1.29 is 54.1 Å². The highest BCUT2D eigenvalue weighted by molar-refractivity contribution is 6.31. The molecule has 0 saturated carbocycles. The lowest BCUT2D eigenvalue weighted by molar-refractivity contribution is -0.258. The van der Waals surface area contributed by atoms with Gasteiger partial charge in [0.1, 0.15) is 23.2 Å². The van der Waals surface area contributed by atoms with Gasteiger partial charge in [0, 0.05) is 35.6 Å². The van der Waals surface area contributed by atoms with Crippen LogP contribution in [-0.4, -0.2) is 99.3 Å². The van der Waals surface area contributed by atoms with Gasteiger partial charge >= 0.3 is 5.97 Å². The van der Waals surface area contributed by atoms with E-state index < -0.39 is 82.0 Å². The van der Waals surface area contributed by atoms with Crippen LogP contribution in [0, 0.1) is 0 Å². The molecule has 226 valence electrons. The van der Waals surface area contributed by atoms with Crippen LogP contribution in [0.25, 0.3) is 0 Å². The molecule has 0 amide bonds. The molecule has 5 unspecified atom stereocenters. The van der Waals surface area contributed by atoms with Crippen LogP contribution in [0.4, 0.5) is 0 Å². The number of methoxy groups -OCH3 is 1. The lowest BCUT2D eigenvalue weighted by Crippen LogP contribution is -2.54. The summed E-state index contributed by atoms with van der Waals surface area (Å²) in [6.07, 6.45) is -3.73. The molecule has 7 atom stereocenters. The number of fused-ring (bicyclic) bond motifs is 3. The number of nitrogens with zero attached hydrogens (tertiary/aromatic N) is 1. The molecule has 42 heavy (non-hydrogen) atoms. The summed E-state index contributed by atoms with van der Waals surface area (Å²) >= 11 is 0. The van der Waals surface area contributed by atoms with Gasteiger partial charge in [-0.1, -0.05) is 19.1 Å². The Balaban J connectivity index is 1.73. The Morgan fingerprint density at radius 2 is 1.71 bits per heavy atom. The Morgan fingerprint density at radius 1 is 1.07 bits per heavy atom. The molecule has 12 nitrogen and oxygen atoms in total. The highest BCUT2D eigenvalue weighted by Crippen LogP contribution is 2.57. The van der Waals surface area contributed by atoms with Crippen LogP contribution in [0.5, 0.6) is 17.2 Å². The number of benzene rings is 2. The van der Waals surface area contributed by atoms with Crippen LogP contribution in [0.3, 0.4) is 0 Å². The highest BCUT2D eigenvalue weighted by atomic mass is 16.7. The maximum absolute atomic E-state index is 13.7. The summed E-state index contributed by atoms with van der Waals surface area (Å²) < 4.78 is 17.2. The molecule has 12 heteroatoms. The Morgan fingerprint density at radius 3 is 2.33 bits per heavy atom. The molecule has 5 N–H and O–H groups in total. The molecule has 5 rings (SSSR count). The van der Waals surface area contributed by atoms with Crippen molar-refractivity contribution in [1.29, 1.82) is 0 Å². The summed E-state index contributed by atoms with van der Waals surface area (Å²) in [5.41, 5.74) is -3.96. The molecule has 2 aromatic rings. The van der Waals surface area contributed by atoms with Crippen LogP contribution in [0.2, 0.25) is 0 Å². The first-order chi connectivity index (χ1) is 19.8. The van der Waals surface area contributed by atoms with Gasteiger partial charge < -0.3 is 44.6 Å². The van der Waals surface area contributed by atoms with Gasteiger partial charge in [0.15, 0.2) is 12.1 Å². The molecule has 2 aromatic carbocycles. The van der Waals surface area contributed by atoms with Gasteiger partial charge in [-0.2, -0.15) is 0 Å². The molecule has 1 aliphatic heterocycles. The van der Waals surface area contributed by atoms with Crippen LogP contribution in [0.15, 0.2) is 18.2 Å². The van der Waals surface area contributed by atoms with Crippen molar-refractivity contribution in [3.8, 4) is 17.2 Å². The minimum absolute atomic E-state index is 0.00605. The van der Waals surface area contributed by atoms with Gasteiger partial charge in [-0.15, -0.1) is 0 Å². The number of ketones is 2. The van der Waals surface area contributed by atoms with E-state index in [0.29, 0.717) is 0 Å². The number of hydrogen-bond acceptors (Lipinski definition) is 12. The highest BCUT2D eigenvalue weighted by Gasteiger charge is 2.55. The number of carbonyl (C=O) groups is 3. The molecule has 0 bridgehead atoms. The minimum atomic E-state index is -1.86. The predicted octanol–water partition coefficient (Wildman–Crippen LogP) is 1.86. The van der Waals surface area contributed by atoms with Crippen molar-refractivity contribution >= 4 is 17.5 Å². The monoisotopic (exact) mass is 585 g/mol. The first-order valence-electron chi connectivity index (χ1n) is 13.8. The van der Waals surface area contributed by atoms with Crippen LogP contribution in [0.1, 0.15) is 88.1 Å². The van der Waals surface area contributed by atoms with Crippen LogP contribution < -0.4 is 0 Å². The molecule has 2 aliphatic carbocycles. The SMILES string of the molecule is CC[C@@]1(O)C[C@H](OC2CC(N(C)C)C(O)C(C)O2)c2c(O)c3c(c(O)c2C1C(=O)OC)C(=O)c1cccc(O)c1C3=O. The summed E-state index contributed by atoms with van der Waals surface area (Å²) in [5.74, 6) is -6.22. The zero-order valence-corrected chi connectivity index (χ0v) is 24.0. The second-order valence-electron chi connectivity index (χ2n) is 11.4. The summed E-state index contributed by atoms with van der Waals surface area (Å²) in [7, 11) is 4.69. The Bertz CT molecular complexity index is 1470. The van der Waals surface area contributed by atoms with Gasteiger partial charge in [0.25, 0.3) is 0 Å². The number of esters is 1. The smallest absolute Gasteiger partial charge is 0.316 e. The quantitative estimate of drug-likeness (QED) is 0.217. The number of aromatic hydroxyl groups is 3. The third-order valence-corrected chi connectivity index (χ3v) is 8.88. The largest absolute Gasteiger partial charge is 0.507 e. The fraction of sp³-hybridized carbons (Fsp3) is 0.500. The van der Waals surface area contributed by atoms with Crippen molar-refractivity contribution in [3.63, 3.8) is 0 Å². The maximum atomic E-state index is 13.7. The van der Waals surface area contributed by atoms with E-state index in [9.17, 15) is 39.9 Å². The second-order valence-corrected chi connectivity index (χ2v) is 11.4. The molecule has 1 fully saturated rings. The van der Waals surface area contributed by atoms with E-state index in [1.165, 1.54) is 18.2 Å². The molecular formula is C30H35NO11. The number of likely N-dealkylation sites (N-methyl/N-ethyl adjacent to an activating group) is 1. The van der Waals surface area contributed by atoms with E-state index in [2.05, 4.69) is 0 Å². The van der Waals surface area contributed by atoms with Gasteiger partial charge in [-0.3, -0.25) is 14.4 Å². The average molecular weight is 586 g/mol. The zero-order chi connectivity index (χ0) is 30.8. The van der Waals surface area contributed by atoms with Gasteiger partial charge in [0.05, 0.1) is 47.7 Å². The third-order valence-electron chi connectivity index (χ3n) is 8.88. The van der Waals surface area contributed by atoms with Crippen molar-refractivity contribution in [2.75, 3.05) is 21.2 Å². The Labute approximate surface area is 242 Å². The predicted molar refractivity (Wildman–Crippen MR) is 146 cm³/mol. The zero-order valence-electron chi connectivity index (χ0n) is 24.0. The number of carbonyl (C=O) groups excluding carboxylic acids is 3. The standard InChI is InChI=1S/C30H35NO11/c1-6-30(39)11-16(42-17-10-14(31(3)4)24(33)12(2)41-17)19-20(23(30)29(38)40-5)28(37)21-22(27(19)36)26(35)18-13(25(21)34)8-7-9-15(18)32/h7-9,12,14,16-17,23-24,32-33,36-37,39H,6,10-11H2,1-5H3/t12?,14?,16-,17?,23?,24?,30+/m0/s1. The van der Waals surface area contributed by atoms with Gasteiger partial charge in [-0.05, 0) is 33.5 Å². The fourth-order valence-corrected chi connectivity index (χ4v) is 6.59.